The Labute approximate surface area is 167 Å². The highest BCUT2D eigenvalue weighted by atomic mass is 16.2. The molecule has 1 saturated heterocycles. The fraction of sp³-hybridized carbons (Fsp3) is 0.571. The van der Waals surface area contributed by atoms with Gasteiger partial charge < -0.3 is 10.6 Å². The van der Waals surface area contributed by atoms with Crippen LogP contribution in [0.1, 0.15) is 45.7 Å². The van der Waals surface area contributed by atoms with Crippen molar-refractivity contribution in [3.63, 3.8) is 0 Å². The van der Waals surface area contributed by atoms with Crippen molar-refractivity contribution in [3.8, 4) is 0 Å². The van der Waals surface area contributed by atoms with Crippen LogP contribution in [0.5, 0.6) is 0 Å². The fourth-order valence-electron chi connectivity index (χ4n) is 3.56. The molecule has 1 atom stereocenters. The minimum atomic E-state index is -1.16. The first kappa shape index (κ1) is 21.9. The van der Waals surface area contributed by atoms with E-state index >= 15 is 0 Å². The number of carbonyl (C=O) groups is 3. The van der Waals surface area contributed by atoms with Gasteiger partial charge in [-0.05, 0) is 47.1 Å². The number of hydrogen-bond acceptors (Lipinski definition) is 4. The molecule has 0 saturated carbocycles. The van der Waals surface area contributed by atoms with Crippen molar-refractivity contribution in [1.82, 2.24) is 20.4 Å². The van der Waals surface area contributed by atoms with Crippen molar-refractivity contribution in [1.29, 1.82) is 0 Å². The number of benzene rings is 1. The van der Waals surface area contributed by atoms with Crippen molar-refractivity contribution < 1.29 is 14.4 Å². The molecule has 1 aromatic carbocycles. The maximum Gasteiger partial charge on any atom is 0.325 e. The summed E-state index contributed by atoms with van der Waals surface area (Å²) in [5.41, 5.74) is 0.609. The molecule has 7 nitrogen and oxygen atoms in total. The van der Waals surface area contributed by atoms with E-state index < -0.39 is 17.5 Å². The summed E-state index contributed by atoms with van der Waals surface area (Å²) >= 11 is 0. The Morgan fingerprint density at radius 2 is 1.71 bits per heavy atom. The van der Waals surface area contributed by atoms with E-state index in [2.05, 4.69) is 43.2 Å². The second-order valence-electron chi connectivity index (χ2n) is 8.09. The number of nitrogens with one attached hydrogen (secondary N) is 2. The van der Waals surface area contributed by atoms with Gasteiger partial charge in [-0.1, -0.05) is 29.8 Å². The smallest absolute Gasteiger partial charge is 0.325 e. The number of imide groups is 1. The minimum Gasteiger partial charge on any atom is -0.353 e. The van der Waals surface area contributed by atoms with Crippen LogP contribution in [0.4, 0.5) is 4.79 Å². The van der Waals surface area contributed by atoms with Gasteiger partial charge in [0.15, 0.2) is 0 Å². The van der Waals surface area contributed by atoms with Crippen LogP contribution in [0.15, 0.2) is 24.3 Å². The number of aryl methyl sites for hydroxylation is 1. The van der Waals surface area contributed by atoms with E-state index in [0.717, 1.165) is 10.5 Å². The van der Waals surface area contributed by atoms with Crippen LogP contribution in [-0.2, 0) is 15.1 Å². The fourth-order valence-corrected chi connectivity index (χ4v) is 3.56. The lowest BCUT2D eigenvalue weighted by molar-refractivity contribution is -0.134. The zero-order valence-corrected chi connectivity index (χ0v) is 17.7. The van der Waals surface area contributed by atoms with Crippen molar-refractivity contribution >= 4 is 17.8 Å². The minimum absolute atomic E-state index is 0.282. The van der Waals surface area contributed by atoms with Gasteiger partial charge in [0.1, 0.15) is 12.1 Å². The van der Waals surface area contributed by atoms with Gasteiger partial charge in [-0.15, -0.1) is 0 Å². The summed E-state index contributed by atoms with van der Waals surface area (Å²) < 4.78 is 0. The van der Waals surface area contributed by atoms with E-state index in [1.807, 2.05) is 31.2 Å². The monoisotopic (exact) mass is 388 g/mol. The summed E-state index contributed by atoms with van der Waals surface area (Å²) in [7, 11) is 0. The first-order valence-corrected chi connectivity index (χ1v) is 9.80. The lowest BCUT2D eigenvalue weighted by Gasteiger charge is -2.30. The third-order valence-corrected chi connectivity index (χ3v) is 5.22. The van der Waals surface area contributed by atoms with Crippen molar-refractivity contribution in [2.45, 2.75) is 59.2 Å². The van der Waals surface area contributed by atoms with Crippen molar-refractivity contribution in [2.75, 3.05) is 19.6 Å². The number of carbonyl (C=O) groups excluding carboxylic acids is 3. The first-order valence-electron chi connectivity index (χ1n) is 9.80. The molecule has 1 aliphatic rings. The Morgan fingerprint density at radius 1 is 1.14 bits per heavy atom. The number of nitrogens with zero attached hydrogens (tertiary/aromatic N) is 2. The number of hydrogen-bond donors (Lipinski definition) is 2. The average Bonchev–Trinajstić information content (AvgIpc) is 2.82. The van der Waals surface area contributed by atoms with Gasteiger partial charge in [0.25, 0.3) is 5.91 Å². The third kappa shape index (κ3) is 4.70. The Balaban J connectivity index is 1.96. The predicted molar refractivity (Wildman–Crippen MR) is 109 cm³/mol. The molecule has 4 amide bonds. The van der Waals surface area contributed by atoms with Gasteiger partial charge in [-0.25, -0.2) is 4.79 Å². The summed E-state index contributed by atoms with van der Waals surface area (Å²) in [6, 6.07) is 7.63. The maximum atomic E-state index is 12.9. The largest absolute Gasteiger partial charge is 0.353 e. The Kier molecular flexibility index (Phi) is 6.82. The molecule has 1 aliphatic heterocycles. The van der Waals surface area contributed by atoms with Crippen LogP contribution in [0.3, 0.4) is 0 Å². The molecule has 0 spiro atoms. The quantitative estimate of drug-likeness (QED) is 0.668. The summed E-state index contributed by atoms with van der Waals surface area (Å²) in [5, 5.41) is 5.54. The van der Waals surface area contributed by atoms with Crippen molar-refractivity contribution in [3.05, 3.63) is 35.4 Å². The second kappa shape index (κ2) is 8.73. The van der Waals surface area contributed by atoms with E-state index in [1.54, 1.807) is 6.92 Å². The molecule has 7 heteroatoms. The summed E-state index contributed by atoms with van der Waals surface area (Å²) in [6.07, 6.45) is 0. The first-order chi connectivity index (χ1) is 13.1. The Hall–Kier alpha value is -2.41. The highest BCUT2D eigenvalue weighted by molar-refractivity contribution is 6.09. The summed E-state index contributed by atoms with van der Waals surface area (Å²) in [6.45, 7) is 13.0. The standard InChI is InChI=1S/C21H32N4O3/c1-14(2)24(15(3)4)12-11-22-18(26)13-25-19(27)21(6,23-20(25)28)17-9-7-16(5)8-10-17/h7-10,14-15H,11-13H2,1-6H3,(H,22,26)(H,23,28)/t21-/m0/s1. The molecular formula is C21H32N4O3. The normalized spacial score (nSPS) is 19.7. The second-order valence-corrected chi connectivity index (χ2v) is 8.09. The van der Waals surface area contributed by atoms with E-state index in [4.69, 9.17) is 0 Å². The zero-order chi connectivity index (χ0) is 21.1. The molecule has 28 heavy (non-hydrogen) atoms. The topological polar surface area (TPSA) is 81.8 Å². The van der Waals surface area contributed by atoms with E-state index in [0.29, 0.717) is 30.7 Å². The van der Waals surface area contributed by atoms with E-state index in [9.17, 15) is 14.4 Å². The molecular weight excluding hydrogens is 356 g/mol. The molecule has 154 valence electrons. The number of rotatable bonds is 8. The van der Waals surface area contributed by atoms with Crippen LogP contribution < -0.4 is 10.6 Å². The molecule has 0 aromatic heterocycles. The van der Waals surface area contributed by atoms with Gasteiger partial charge in [0.05, 0.1) is 0 Å². The lowest BCUT2D eigenvalue weighted by atomic mass is 9.91. The van der Waals surface area contributed by atoms with Gasteiger partial charge >= 0.3 is 6.03 Å². The van der Waals surface area contributed by atoms with E-state index in [1.165, 1.54) is 0 Å². The van der Waals surface area contributed by atoms with Crippen LogP contribution in [0.2, 0.25) is 0 Å². The summed E-state index contributed by atoms with van der Waals surface area (Å²) in [5.74, 6) is -0.758. The molecule has 0 unspecified atom stereocenters. The Morgan fingerprint density at radius 3 is 2.25 bits per heavy atom. The van der Waals surface area contributed by atoms with Gasteiger partial charge in [0, 0.05) is 25.2 Å². The molecule has 1 fully saturated rings. The third-order valence-electron chi connectivity index (χ3n) is 5.22. The van der Waals surface area contributed by atoms with Crippen LogP contribution in [-0.4, -0.2) is 59.4 Å². The highest BCUT2D eigenvalue weighted by Crippen LogP contribution is 2.28. The van der Waals surface area contributed by atoms with Crippen LogP contribution in [0.25, 0.3) is 0 Å². The van der Waals surface area contributed by atoms with Crippen molar-refractivity contribution in [2.24, 2.45) is 0 Å². The van der Waals surface area contributed by atoms with Gasteiger partial charge in [-0.3, -0.25) is 19.4 Å². The molecule has 1 heterocycles. The molecule has 2 rings (SSSR count). The van der Waals surface area contributed by atoms with Crippen LogP contribution >= 0.6 is 0 Å². The lowest BCUT2D eigenvalue weighted by Crippen LogP contribution is -2.46. The SMILES string of the molecule is Cc1ccc([C@]2(C)NC(=O)N(CC(=O)NCCN(C(C)C)C(C)C)C2=O)cc1. The predicted octanol–water partition coefficient (Wildman–Crippen LogP) is 2.00. The Bertz CT molecular complexity index is 722. The molecule has 0 radical (unpaired) electrons. The number of amides is 4. The van der Waals surface area contributed by atoms with Gasteiger partial charge in [0.2, 0.25) is 5.91 Å². The molecule has 0 bridgehead atoms. The average molecular weight is 389 g/mol. The van der Waals surface area contributed by atoms with Gasteiger partial charge in [-0.2, -0.15) is 0 Å². The molecule has 0 aliphatic carbocycles. The summed E-state index contributed by atoms with van der Waals surface area (Å²) in [4.78, 5) is 40.8. The highest BCUT2D eigenvalue weighted by Gasteiger charge is 2.49. The molecule has 1 aromatic rings. The zero-order valence-electron chi connectivity index (χ0n) is 17.7. The maximum absolute atomic E-state index is 12.9. The van der Waals surface area contributed by atoms with Crippen LogP contribution in [0, 0.1) is 6.92 Å². The van der Waals surface area contributed by atoms with E-state index in [-0.39, 0.29) is 12.5 Å². The number of urea groups is 1. The molecule has 2 N–H and O–H groups in total.